The van der Waals surface area contributed by atoms with Crippen LogP contribution in [0.1, 0.15) is 43.4 Å². The van der Waals surface area contributed by atoms with Gasteiger partial charge in [-0.3, -0.25) is 9.59 Å². The molecule has 2 fully saturated rings. The second-order valence-corrected chi connectivity index (χ2v) is 12.0. The number of carbonyl (C=O) groups excluding carboxylic acids is 2. The van der Waals surface area contributed by atoms with Crippen LogP contribution in [0.2, 0.25) is 0 Å². The number of nitrogens with zero attached hydrogens (tertiary/aromatic N) is 3. The fraction of sp³-hybridized carbons (Fsp3) is 0.481. The van der Waals surface area contributed by atoms with E-state index in [0.29, 0.717) is 56.4 Å². The molecule has 0 saturated carbocycles. The molecular formula is C27H35N3O4S. The quantitative estimate of drug-likeness (QED) is 0.551. The van der Waals surface area contributed by atoms with Crippen molar-refractivity contribution < 1.29 is 18.0 Å². The van der Waals surface area contributed by atoms with Crippen LogP contribution in [0.5, 0.6) is 0 Å². The predicted octanol–water partition coefficient (Wildman–Crippen LogP) is 3.22. The Hall–Kier alpha value is -2.71. The van der Waals surface area contributed by atoms with Gasteiger partial charge in [0.2, 0.25) is 10.0 Å². The maximum atomic E-state index is 13.1. The fourth-order valence-electron chi connectivity index (χ4n) is 4.91. The zero-order chi connectivity index (χ0) is 25.2. The van der Waals surface area contributed by atoms with Crippen molar-refractivity contribution in [1.82, 2.24) is 14.1 Å². The van der Waals surface area contributed by atoms with Gasteiger partial charge in [-0.1, -0.05) is 55.8 Å². The molecule has 2 aliphatic rings. The Morgan fingerprint density at radius 1 is 0.829 bits per heavy atom. The van der Waals surface area contributed by atoms with E-state index in [1.165, 1.54) is 4.31 Å². The van der Waals surface area contributed by atoms with Crippen LogP contribution in [0.4, 0.5) is 0 Å². The summed E-state index contributed by atoms with van der Waals surface area (Å²) < 4.78 is 27.8. The lowest BCUT2D eigenvalue weighted by molar-refractivity contribution is -0.158. The van der Waals surface area contributed by atoms with Crippen LogP contribution in [0.15, 0.2) is 53.4 Å². The van der Waals surface area contributed by atoms with Crippen molar-refractivity contribution in [2.45, 2.75) is 57.5 Å². The number of carbonyl (C=O) groups is 2. The first kappa shape index (κ1) is 25.4. The van der Waals surface area contributed by atoms with Crippen LogP contribution in [-0.2, 0) is 32.6 Å². The standard InChI is InChI=1S/C27H35N3O4S/c1-20(2)18-22-8-10-25(11-9-22)35(33,34)29-14-12-24(13-15-29)30-17-16-28(26(31)27(30)32)19-23-6-4-21(3)5-7-23/h4-11,20,24H,12-19H2,1-3H3. The van der Waals surface area contributed by atoms with E-state index in [9.17, 15) is 18.0 Å². The number of benzene rings is 2. The molecule has 0 aliphatic carbocycles. The number of hydrogen-bond acceptors (Lipinski definition) is 4. The number of rotatable bonds is 7. The number of piperazine rings is 1. The van der Waals surface area contributed by atoms with Crippen molar-refractivity contribution in [2.75, 3.05) is 26.2 Å². The van der Waals surface area contributed by atoms with E-state index in [1.807, 2.05) is 43.3 Å². The zero-order valence-electron chi connectivity index (χ0n) is 20.8. The van der Waals surface area contributed by atoms with Gasteiger partial charge in [0.1, 0.15) is 0 Å². The molecule has 2 heterocycles. The van der Waals surface area contributed by atoms with E-state index in [-0.39, 0.29) is 6.04 Å². The fourth-order valence-corrected chi connectivity index (χ4v) is 6.38. The van der Waals surface area contributed by atoms with Gasteiger partial charge >= 0.3 is 11.8 Å². The highest BCUT2D eigenvalue weighted by molar-refractivity contribution is 7.89. The normalized spacial score (nSPS) is 18.5. The Balaban J connectivity index is 1.34. The van der Waals surface area contributed by atoms with Gasteiger partial charge in [0, 0.05) is 38.8 Å². The molecule has 0 spiro atoms. The van der Waals surface area contributed by atoms with Crippen molar-refractivity contribution in [1.29, 1.82) is 0 Å². The van der Waals surface area contributed by atoms with Gasteiger partial charge < -0.3 is 9.80 Å². The molecule has 2 aromatic carbocycles. The van der Waals surface area contributed by atoms with Crippen molar-refractivity contribution in [3.63, 3.8) is 0 Å². The minimum absolute atomic E-state index is 0.118. The molecule has 0 N–H and O–H groups in total. The molecule has 188 valence electrons. The third-order valence-corrected chi connectivity index (χ3v) is 8.82. The molecule has 8 heteroatoms. The molecule has 2 amide bonds. The maximum Gasteiger partial charge on any atom is 0.312 e. The molecule has 0 atom stereocenters. The van der Waals surface area contributed by atoms with Crippen molar-refractivity contribution in [3.05, 3.63) is 65.2 Å². The number of piperidine rings is 1. The van der Waals surface area contributed by atoms with E-state index in [2.05, 4.69) is 13.8 Å². The minimum Gasteiger partial charge on any atom is -0.330 e. The van der Waals surface area contributed by atoms with E-state index < -0.39 is 21.8 Å². The lowest BCUT2D eigenvalue weighted by Crippen LogP contribution is -2.58. The molecular weight excluding hydrogens is 462 g/mol. The van der Waals surface area contributed by atoms with Crippen molar-refractivity contribution in [2.24, 2.45) is 5.92 Å². The summed E-state index contributed by atoms with van der Waals surface area (Å²) in [5.74, 6) is -0.450. The van der Waals surface area contributed by atoms with Gasteiger partial charge in [-0.15, -0.1) is 0 Å². The van der Waals surface area contributed by atoms with Crippen LogP contribution in [-0.4, -0.2) is 66.6 Å². The molecule has 2 aliphatic heterocycles. The molecule has 0 radical (unpaired) electrons. The summed E-state index contributed by atoms with van der Waals surface area (Å²) in [7, 11) is -3.58. The third kappa shape index (κ3) is 5.76. The number of hydrogen-bond donors (Lipinski definition) is 0. The number of sulfonamides is 1. The topological polar surface area (TPSA) is 78.0 Å². The van der Waals surface area contributed by atoms with E-state index >= 15 is 0 Å². The average Bonchev–Trinajstić information content (AvgIpc) is 2.83. The molecule has 0 aromatic heterocycles. The molecule has 0 unspecified atom stereocenters. The highest BCUT2D eigenvalue weighted by Gasteiger charge is 2.39. The van der Waals surface area contributed by atoms with E-state index in [0.717, 1.165) is 23.1 Å². The summed E-state index contributed by atoms with van der Waals surface area (Å²) in [5.41, 5.74) is 3.28. The van der Waals surface area contributed by atoms with Gasteiger partial charge in [-0.05, 0) is 55.4 Å². The van der Waals surface area contributed by atoms with Crippen molar-refractivity contribution >= 4 is 21.8 Å². The summed E-state index contributed by atoms with van der Waals surface area (Å²) in [5, 5.41) is 0. The van der Waals surface area contributed by atoms with Crippen LogP contribution in [0.3, 0.4) is 0 Å². The molecule has 7 nitrogen and oxygen atoms in total. The van der Waals surface area contributed by atoms with E-state index in [1.54, 1.807) is 21.9 Å². The Bertz CT molecular complexity index is 1150. The summed E-state index contributed by atoms with van der Waals surface area (Å²) in [6, 6.07) is 15.0. The average molecular weight is 498 g/mol. The lowest BCUT2D eigenvalue weighted by atomic mass is 10.0. The highest BCUT2D eigenvalue weighted by atomic mass is 32.2. The zero-order valence-corrected chi connectivity index (χ0v) is 21.6. The first-order chi connectivity index (χ1) is 16.6. The first-order valence-electron chi connectivity index (χ1n) is 12.4. The molecule has 0 bridgehead atoms. The molecule has 2 saturated heterocycles. The van der Waals surface area contributed by atoms with Gasteiger partial charge in [-0.2, -0.15) is 4.31 Å². The smallest absolute Gasteiger partial charge is 0.312 e. The largest absolute Gasteiger partial charge is 0.330 e. The summed E-state index contributed by atoms with van der Waals surface area (Å²) in [4.78, 5) is 29.2. The second kappa shape index (κ2) is 10.5. The number of aryl methyl sites for hydroxylation is 1. The van der Waals surface area contributed by atoms with Crippen LogP contribution in [0, 0.1) is 12.8 Å². The van der Waals surface area contributed by atoms with Gasteiger partial charge in [-0.25, -0.2) is 8.42 Å². The Labute approximate surface area is 208 Å². The molecule has 35 heavy (non-hydrogen) atoms. The Morgan fingerprint density at radius 3 is 2.03 bits per heavy atom. The lowest BCUT2D eigenvalue weighted by Gasteiger charge is -2.41. The van der Waals surface area contributed by atoms with E-state index in [4.69, 9.17) is 0 Å². The Kier molecular flexibility index (Phi) is 7.62. The molecule has 2 aromatic rings. The maximum absolute atomic E-state index is 13.1. The van der Waals surface area contributed by atoms with Gasteiger partial charge in [0.25, 0.3) is 0 Å². The third-order valence-electron chi connectivity index (χ3n) is 6.91. The van der Waals surface area contributed by atoms with Crippen LogP contribution in [0.25, 0.3) is 0 Å². The summed E-state index contributed by atoms with van der Waals surface area (Å²) >= 11 is 0. The predicted molar refractivity (Wildman–Crippen MR) is 135 cm³/mol. The summed E-state index contributed by atoms with van der Waals surface area (Å²) in [6.07, 6.45) is 1.97. The minimum atomic E-state index is -3.58. The monoisotopic (exact) mass is 497 g/mol. The van der Waals surface area contributed by atoms with Gasteiger partial charge in [0.05, 0.1) is 4.90 Å². The number of amides is 2. The van der Waals surface area contributed by atoms with Gasteiger partial charge in [0.15, 0.2) is 0 Å². The summed E-state index contributed by atoms with van der Waals surface area (Å²) in [6.45, 7) is 8.35. The second-order valence-electron chi connectivity index (χ2n) is 10.1. The molecule has 4 rings (SSSR count). The Morgan fingerprint density at radius 2 is 1.43 bits per heavy atom. The van der Waals surface area contributed by atoms with Crippen LogP contribution < -0.4 is 0 Å². The highest BCUT2D eigenvalue weighted by Crippen LogP contribution is 2.25. The van der Waals surface area contributed by atoms with Crippen molar-refractivity contribution in [3.8, 4) is 0 Å². The van der Waals surface area contributed by atoms with Crippen LogP contribution >= 0.6 is 0 Å². The SMILES string of the molecule is Cc1ccc(CN2CCN(C3CCN(S(=O)(=O)c4ccc(CC(C)C)cc4)CC3)C(=O)C2=O)cc1. The first-order valence-corrected chi connectivity index (χ1v) is 13.8.